The molecule has 28 heavy (non-hydrogen) atoms. The number of aryl methyl sites for hydroxylation is 1. The second-order valence-electron chi connectivity index (χ2n) is 7.48. The third kappa shape index (κ3) is 3.67. The van der Waals surface area contributed by atoms with Crippen molar-refractivity contribution in [3.05, 3.63) is 59.2 Å². The Hall–Kier alpha value is -2.67. The van der Waals surface area contributed by atoms with Gasteiger partial charge in [-0.2, -0.15) is 0 Å². The van der Waals surface area contributed by atoms with E-state index < -0.39 is 21.8 Å². The minimum atomic E-state index is -3.66. The number of benzene rings is 2. The Morgan fingerprint density at radius 2 is 1.79 bits per heavy atom. The number of amides is 2. The SMILES string of the molecule is Cc1cccc(C(C)C)c1NC(=O)c1ccc(N2C(=O)[C@@H](C)CS2(=O)=O)cc1. The molecule has 0 bridgehead atoms. The fraction of sp³-hybridized carbons (Fsp3) is 0.333. The molecule has 3 rings (SSSR count). The van der Waals surface area contributed by atoms with Gasteiger partial charge in [0.1, 0.15) is 0 Å². The van der Waals surface area contributed by atoms with Crippen LogP contribution >= 0.6 is 0 Å². The van der Waals surface area contributed by atoms with Crippen molar-refractivity contribution < 1.29 is 18.0 Å². The maximum absolute atomic E-state index is 12.7. The molecule has 2 aromatic carbocycles. The van der Waals surface area contributed by atoms with Crippen molar-refractivity contribution in [1.82, 2.24) is 0 Å². The smallest absolute Gasteiger partial charge is 0.255 e. The van der Waals surface area contributed by atoms with E-state index in [-0.39, 0.29) is 23.3 Å². The standard InChI is InChI=1S/C21H24N2O4S/c1-13(2)18-7-5-6-14(3)19(18)22-20(24)16-8-10-17(11-9-16)23-21(25)15(4)12-28(23,26)27/h5-11,13,15H,12H2,1-4H3,(H,22,24)/t15-/m0/s1. The summed E-state index contributed by atoms with van der Waals surface area (Å²) in [6.45, 7) is 7.66. The first kappa shape index (κ1) is 20.1. The van der Waals surface area contributed by atoms with Gasteiger partial charge in [0, 0.05) is 11.3 Å². The number of sulfonamides is 1. The lowest BCUT2D eigenvalue weighted by molar-refractivity contribution is -0.119. The third-order valence-corrected chi connectivity index (χ3v) is 6.76. The van der Waals surface area contributed by atoms with Gasteiger partial charge in [-0.25, -0.2) is 12.7 Å². The zero-order valence-electron chi connectivity index (χ0n) is 16.4. The molecule has 1 aliphatic heterocycles. The summed E-state index contributed by atoms with van der Waals surface area (Å²) in [6.07, 6.45) is 0. The topological polar surface area (TPSA) is 83.6 Å². The molecule has 2 amide bonds. The first-order chi connectivity index (χ1) is 13.1. The number of rotatable bonds is 4. The molecular weight excluding hydrogens is 376 g/mol. The molecule has 1 saturated heterocycles. The number of carbonyl (C=O) groups excluding carboxylic acids is 2. The zero-order valence-corrected chi connectivity index (χ0v) is 17.2. The maximum Gasteiger partial charge on any atom is 0.255 e. The van der Waals surface area contributed by atoms with Gasteiger partial charge < -0.3 is 5.32 Å². The van der Waals surface area contributed by atoms with Crippen LogP contribution in [0.3, 0.4) is 0 Å². The molecule has 0 aliphatic carbocycles. The van der Waals surface area contributed by atoms with Crippen LogP contribution in [0, 0.1) is 12.8 Å². The van der Waals surface area contributed by atoms with E-state index in [0.29, 0.717) is 5.56 Å². The van der Waals surface area contributed by atoms with Crippen molar-refractivity contribution in [2.45, 2.75) is 33.6 Å². The van der Waals surface area contributed by atoms with Gasteiger partial charge in [-0.15, -0.1) is 0 Å². The van der Waals surface area contributed by atoms with E-state index in [9.17, 15) is 18.0 Å². The summed E-state index contributed by atoms with van der Waals surface area (Å²) in [5.41, 5.74) is 3.45. The molecule has 1 atom stereocenters. The number of hydrogen-bond donors (Lipinski definition) is 1. The Bertz CT molecular complexity index is 1030. The van der Waals surface area contributed by atoms with Gasteiger partial charge in [-0.1, -0.05) is 39.0 Å². The fourth-order valence-corrected chi connectivity index (χ4v) is 5.18. The number of nitrogens with one attached hydrogen (secondary N) is 1. The van der Waals surface area contributed by atoms with Crippen LogP contribution in [0.15, 0.2) is 42.5 Å². The Kier molecular flexibility index (Phi) is 5.30. The van der Waals surface area contributed by atoms with Gasteiger partial charge >= 0.3 is 0 Å². The van der Waals surface area contributed by atoms with Gasteiger partial charge in [-0.05, 0) is 48.2 Å². The molecule has 1 heterocycles. The molecule has 0 spiro atoms. The van der Waals surface area contributed by atoms with Gasteiger partial charge in [0.2, 0.25) is 15.9 Å². The van der Waals surface area contributed by atoms with Gasteiger partial charge in [-0.3, -0.25) is 9.59 Å². The number of para-hydroxylation sites is 1. The van der Waals surface area contributed by atoms with Gasteiger partial charge in [0.15, 0.2) is 0 Å². The van der Waals surface area contributed by atoms with Crippen LogP contribution in [-0.2, 0) is 14.8 Å². The minimum Gasteiger partial charge on any atom is -0.321 e. The van der Waals surface area contributed by atoms with Crippen molar-refractivity contribution >= 4 is 33.2 Å². The van der Waals surface area contributed by atoms with Crippen LogP contribution in [0.25, 0.3) is 0 Å². The average molecular weight is 401 g/mol. The van der Waals surface area contributed by atoms with Crippen LogP contribution < -0.4 is 9.62 Å². The van der Waals surface area contributed by atoms with E-state index in [1.54, 1.807) is 6.92 Å². The summed E-state index contributed by atoms with van der Waals surface area (Å²) < 4.78 is 25.2. The summed E-state index contributed by atoms with van der Waals surface area (Å²) in [7, 11) is -3.66. The van der Waals surface area contributed by atoms with Crippen LogP contribution in [0.1, 0.15) is 48.2 Å². The van der Waals surface area contributed by atoms with E-state index in [2.05, 4.69) is 19.2 Å². The number of hydrogen-bond acceptors (Lipinski definition) is 4. The van der Waals surface area contributed by atoms with Crippen molar-refractivity contribution in [3.8, 4) is 0 Å². The highest BCUT2D eigenvalue weighted by Crippen LogP contribution is 2.30. The van der Waals surface area contributed by atoms with E-state index in [1.807, 2.05) is 25.1 Å². The van der Waals surface area contributed by atoms with Crippen LogP contribution in [-0.4, -0.2) is 26.0 Å². The lowest BCUT2D eigenvalue weighted by Gasteiger charge is -2.17. The normalized spacial score (nSPS) is 18.5. The molecule has 1 fully saturated rings. The number of carbonyl (C=O) groups is 2. The molecule has 0 aromatic heterocycles. The molecule has 6 nitrogen and oxygen atoms in total. The predicted octanol–water partition coefficient (Wildman–Crippen LogP) is 3.68. The Balaban J connectivity index is 1.85. The summed E-state index contributed by atoms with van der Waals surface area (Å²) in [4.78, 5) is 24.9. The van der Waals surface area contributed by atoms with E-state index in [0.717, 1.165) is 21.1 Å². The summed E-state index contributed by atoms with van der Waals surface area (Å²) in [5.74, 6) is -1.24. The quantitative estimate of drug-likeness (QED) is 0.848. The average Bonchev–Trinajstić information content (AvgIpc) is 2.83. The Morgan fingerprint density at radius 1 is 1.14 bits per heavy atom. The molecule has 1 aliphatic rings. The fourth-order valence-electron chi connectivity index (χ4n) is 3.36. The van der Waals surface area contributed by atoms with E-state index in [4.69, 9.17) is 0 Å². The Labute approximate surface area is 165 Å². The minimum absolute atomic E-state index is 0.195. The van der Waals surface area contributed by atoms with Gasteiger partial charge in [0.05, 0.1) is 17.4 Å². The van der Waals surface area contributed by atoms with Crippen LogP contribution in [0.5, 0.6) is 0 Å². The first-order valence-corrected chi connectivity index (χ1v) is 10.8. The largest absolute Gasteiger partial charge is 0.321 e. The molecule has 0 saturated carbocycles. The number of nitrogens with zero attached hydrogens (tertiary/aromatic N) is 1. The molecule has 148 valence electrons. The maximum atomic E-state index is 12.7. The molecule has 7 heteroatoms. The lowest BCUT2D eigenvalue weighted by Crippen LogP contribution is -2.30. The highest BCUT2D eigenvalue weighted by atomic mass is 32.2. The summed E-state index contributed by atoms with van der Waals surface area (Å²) >= 11 is 0. The van der Waals surface area contributed by atoms with Crippen LogP contribution in [0.4, 0.5) is 11.4 Å². The number of anilines is 2. The Morgan fingerprint density at radius 3 is 2.32 bits per heavy atom. The highest BCUT2D eigenvalue weighted by molar-refractivity contribution is 7.94. The van der Waals surface area contributed by atoms with Crippen molar-refractivity contribution in [2.24, 2.45) is 5.92 Å². The second-order valence-corrected chi connectivity index (χ2v) is 9.34. The molecule has 1 N–H and O–H groups in total. The molecular formula is C21H24N2O4S. The second kappa shape index (κ2) is 7.39. The lowest BCUT2D eigenvalue weighted by atomic mass is 9.98. The van der Waals surface area contributed by atoms with Crippen molar-refractivity contribution in [2.75, 3.05) is 15.4 Å². The summed E-state index contributed by atoms with van der Waals surface area (Å²) in [5, 5.41) is 2.96. The zero-order chi connectivity index (χ0) is 20.6. The van der Waals surface area contributed by atoms with Crippen LogP contribution in [0.2, 0.25) is 0 Å². The summed E-state index contributed by atoms with van der Waals surface area (Å²) in [6, 6.07) is 11.9. The predicted molar refractivity (Wildman–Crippen MR) is 110 cm³/mol. The molecule has 0 unspecified atom stereocenters. The molecule has 0 radical (unpaired) electrons. The third-order valence-electron chi connectivity index (χ3n) is 4.89. The first-order valence-electron chi connectivity index (χ1n) is 9.19. The van der Waals surface area contributed by atoms with Crippen molar-refractivity contribution in [3.63, 3.8) is 0 Å². The molecule has 2 aromatic rings. The van der Waals surface area contributed by atoms with E-state index >= 15 is 0 Å². The monoisotopic (exact) mass is 400 g/mol. The highest BCUT2D eigenvalue weighted by Gasteiger charge is 2.41. The van der Waals surface area contributed by atoms with E-state index in [1.165, 1.54) is 24.3 Å². The van der Waals surface area contributed by atoms with Gasteiger partial charge in [0.25, 0.3) is 5.91 Å². The van der Waals surface area contributed by atoms with Crippen molar-refractivity contribution in [1.29, 1.82) is 0 Å².